The van der Waals surface area contributed by atoms with Gasteiger partial charge in [0.25, 0.3) is 0 Å². The van der Waals surface area contributed by atoms with Gasteiger partial charge in [0.1, 0.15) is 6.61 Å². The Bertz CT molecular complexity index is 1020. The fraction of sp³-hybridized carbons (Fsp3) is 0.208. The molecule has 0 spiro atoms. The van der Waals surface area contributed by atoms with Crippen molar-refractivity contribution in [2.45, 2.75) is 18.4 Å². The molecule has 1 amide bonds. The van der Waals surface area contributed by atoms with Gasteiger partial charge in [-0.15, -0.1) is 0 Å². The Balaban J connectivity index is 1.41. The molecule has 0 saturated heterocycles. The summed E-state index contributed by atoms with van der Waals surface area (Å²) in [5, 5.41) is 13.5. The third kappa shape index (κ3) is 4.31. The highest BCUT2D eigenvalue weighted by Gasteiger charge is 2.29. The summed E-state index contributed by atoms with van der Waals surface area (Å²) in [4.78, 5) is 12.4. The summed E-state index contributed by atoms with van der Waals surface area (Å²) in [6.07, 6.45) is -0.228. The van der Waals surface area contributed by atoms with Crippen molar-refractivity contribution < 1.29 is 14.6 Å². The Labute approximate surface area is 185 Å². The first-order chi connectivity index (χ1) is 14.6. The van der Waals surface area contributed by atoms with Crippen LogP contribution in [0.25, 0.3) is 11.1 Å². The van der Waals surface area contributed by atoms with Gasteiger partial charge in [-0.3, -0.25) is 0 Å². The maximum absolute atomic E-state index is 12.4. The van der Waals surface area contributed by atoms with Gasteiger partial charge in [-0.2, -0.15) is 0 Å². The van der Waals surface area contributed by atoms with Crippen molar-refractivity contribution in [2.75, 3.05) is 13.2 Å². The number of nitrogens with one attached hydrogen (secondary N) is 1. The van der Waals surface area contributed by atoms with Crippen molar-refractivity contribution in [3.8, 4) is 11.1 Å². The first kappa shape index (κ1) is 20.7. The van der Waals surface area contributed by atoms with Crippen molar-refractivity contribution >= 4 is 29.3 Å². The quantitative estimate of drug-likeness (QED) is 0.535. The molecule has 6 heteroatoms. The highest BCUT2D eigenvalue weighted by atomic mass is 35.5. The van der Waals surface area contributed by atoms with Crippen LogP contribution in [0.4, 0.5) is 4.79 Å². The van der Waals surface area contributed by atoms with Crippen molar-refractivity contribution in [2.24, 2.45) is 0 Å². The number of ether oxygens (including phenoxy) is 1. The van der Waals surface area contributed by atoms with Gasteiger partial charge in [0.2, 0.25) is 0 Å². The number of benzene rings is 3. The van der Waals surface area contributed by atoms with Crippen molar-refractivity contribution in [1.29, 1.82) is 0 Å². The van der Waals surface area contributed by atoms with E-state index in [4.69, 9.17) is 27.9 Å². The lowest BCUT2D eigenvalue weighted by Crippen LogP contribution is -2.39. The molecular weight excluding hydrogens is 421 g/mol. The highest BCUT2D eigenvalue weighted by molar-refractivity contribution is 6.33. The van der Waals surface area contributed by atoms with Gasteiger partial charge in [0.05, 0.1) is 12.6 Å². The number of carbonyl (C=O) groups excluding carboxylic acids is 1. The number of rotatable bonds is 6. The van der Waals surface area contributed by atoms with Gasteiger partial charge in [0.15, 0.2) is 0 Å². The molecular formula is C24H21Cl2NO3. The second-order valence-electron chi connectivity index (χ2n) is 7.29. The lowest BCUT2D eigenvalue weighted by molar-refractivity contribution is 0.132. The fourth-order valence-corrected chi connectivity index (χ4v) is 4.32. The molecule has 1 unspecified atom stereocenters. The van der Waals surface area contributed by atoms with Crippen molar-refractivity contribution in [3.63, 3.8) is 0 Å². The number of hydrogen-bond donors (Lipinski definition) is 2. The summed E-state index contributed by atoms with van der Waals surface area (Å²) in [5.41, 5.74) is 5.39. The molecule has 0 saturated carbocycles. The molecule has 1 atom stereocenters. The van der Waals surface area contributed by atoms with Crippen LogP contribution in [-0.2, 0) is 11.2 Å². The second kappa shape index (κ2) is 9.09. The van der Waals surface area contributed by atoms with Crippen LogP contribution in [0.1, 0.15) is 22.6 Å². The number of aliphatic hydroxyl groups is 1. The monoisotopic (exact) mass is 441 g/mol. The predicted molar refractivity (Wildman–Crippen MR) is 119 cm³/mol. The molecule has 154 valence electrons. The van der Waals surface area contributed by atoms with E-state index in [0.717, 1.165) is 16.7 Å². The normalized spacial score (nSPS) is 13.4. The Morgan fingerprint density at radius 3 is 2.27 bits per heavy atom. The predicted octanol–water partition coefficient (Wildman–Crippen LogP) is 5.44. The molecule has 2 N–H and O–H groups in total. The van der Waals surface area contributed by atoms with Gasteiger partial charge in [-0.25, -0.2) is 4.79 Å². The zero-order valence-electron chi connectivity index (χ0n) is 16.1. The van der Waals surface area contributed by atoms with Crippen LogP contribution < -0.4 is 5.32 Å². The maximum atomic E-state index is 12.4. The molecule has 0 fully saturated rings. The molecule has 4 nitrogen and oxygen atoms in total. The first-order valence-corrected chi connectivity index (χ1v) is 10.5. The van der Waals surface area contributed by atoms with Crippen LogP contribution in [-0.4, -0.2) is 30.5 Å². The number of fused-ring (bicyclic) bond motifs is 3. The third-order valence-corrected chi connectivity index (χ3v) is 5.96. The molecule has 3 aromatic carbocycles. The van der Waals surface area contributed by atoms with E-state index in [1.165, 1.54) is 11.1 Å². The van der Waals surface area contributed by atoms with E-state index in [2.05, 4.69) is 29.6 Å². The number of amides is 1. The average Bonchev–Trinajstić information content (AvgIpc) is 3.08. The summed E-state index contributed by atoms with van der Waals surface area (Å²) >= 11 is 12.2. The molecule has 4 rings (SSSR count). The SMILES string of the molecule is O=C(NC(CO)Cc1cc(Cl)ccc1Cl)OCC1c2ccccc2-c2ccccc21. The number of hydrogen-bond acceptors (Lipinski definition) is 3. The maximum Gasteiger partial charge on any atom is 0.407 e. The van der Waals surface area contributed by atoms with Crippen LogP contribution in [0.3, 0.4) is 0 Å². The minimum Gasteiger partial charge on any atom is -0.449 e. The lowest BCUT2D eigenvalue weighted by Gasteiger charge is -2.19. The van der Waals surface area contributed by atoms with Gasteiger partial charge in [-0.05, 0) is 52.4 Å². The van der Waals surface area contributed by atoms with Crippen LogP contribution in [0, 0.1) is 0 Å². The van der Waals surface area contributed by atoms with Crippen LogP contribution in [0.15, 0.2) is 66.7 Å². The molecule has 0 aromatic heterocycles. The Kier molecular flexibility index (Phi) is 6.28. The second-order valence-corrected chi connectivity index (χ2v) is 8.13. The Morgan fingerprint density at radius 2 is 1.63 bits per heavy atom. The molecule has 0 aliphatic heterocycles. The Morgan fingerprint density at radius 1 is 1.00 bits per heavy atom. The minimum absolute atomic E-state index is 0.0156. The summed E-state index contributed by atoms with van der Waals surface area (Å²) in [6.45, 7) is -0.0248. The molecule has 0 bridgehead atoms. The van der Waals surface area contributed by atoms with Crippen molar-refractivity contribution in [3.05, 3.63) is 93.5 Å². The van der Waals surface area contributed by atoms with E-state index in [9.17, 15) is 9.90 Å². The molecule has 0 radical (unpaired) electrons. The third-order valence-electron chi connectivity index (χ3n) is 5.36. The zero-order valence-corrected chi connectivity index (χ0v) is 17.7. The standard InChI is InChI=1S/C24H21Cl2NO3/c25-16-9-10-23(26)15(11-16)12-17(13-28)27-24(29)30-14-22-20-7-3-1-5-18(20)19-6-2-4-8-21(19)22/h1-11,17,22,28H,12-14H2,(H,27,29). The smallest absolute Gasteiger partial charge is 0.407 e. The van der Waals surface area contributed by atoms with Crippen LogP contribution in [0.2, 0.25) is 10.0 Å². The van der Waals surface area contributed by atoms with E-state index in [1.54, 1.807) is 18.2 Å². The van der Waals surface area contributed by atoms with Gasteiger partial charge < -0.3 is 15.2 Å². The average molecular weight is 442 g/mol. The Hall–Kier alpha value is -2.53. The van der Waals surface area contributed by atoms with Crippen LogP contribution >= 0.6 is 23.2 Å². The van der Waals surface area contributed by atoms with Gasteiger partial charge in [-0.1, -0.05) is 71.7 Å². The van der Waals surface area contributed by atoms with Gasteiger partial charge in [0, 0.05) is 16.0 Å². The van der Waals surface area contributed by atoms with E-state index in [-0.39, 0.29) is 19.1 Å². The first-order valence-electron chi connectivity index (χ1n) is 9.73. The van der Waals surface area contributed by atoms with Crippen molar-refractivity contribution in [1.82, 2.24) is 5.32 Å². The largest absolute Gasteiger partial charge is 0.449 e. The number of carbonyl (C=O) groups is 1. The van der Waals surface area contributed by atoms with E-state index >= 15 is 0 Å². The lowest BCUT2D eigenvalue weighted by atomic mass is 9.98. The van der Waals surface area contributed by atoms with E-state index in [1.807, 2.05) is 24.3 Å². The molecule has 1 aliphatic rings. The van der Waals surface area contributed by atoms with E-state index in [0.29, 0.717) is 16.5 Å². The molecule has 30 heavy (non-hydrogen) atoms. The summed E-state index contributed by atoms with van der Waals surface area (Å²) in [5.74, 6) is -0.0156. The number of halogens is 2. The topological polar surface area (TPSA) is 58.6 Å². The molecule has 1 aliphatic carbocycles. The summed E-state index contributed by atoms with van der Waals surface area (Å²) in [6, 6.07) is 20.9. The zero-order chi connectivity index (χ0) is 21.1. The number of aliphatic hydroxyl groups excluding tert-OH is 1. The molecule has 0 heterocycles. The summed E-state index contributed by atoms with van der Waals surface area (Å²) < 4.78 is 5.54. The van der Waals surface area contributed by atoms with Gasteiger partial charge >= 0.3 is 6.09 Å². The minimum atomic E-state index is -0.575. The van der Waals surface area contributed by atoms with Crippen LogP contribution in [0.5, 0.6) is 0 Å². The fourth-order valence-electron chi connectivity index (χ4n) is 3.93. The molecule has 3 aromatic rings. The summed E-state index contributed by atoms with van der Waals surface area (Å²) in [7, 11) is 0. The number of alkyl carbamates (subject to hydrolysis) is 1. The van der Waals surface area contributed by atoms with E-state index < -0.39 is 12.1 Å². The highest BCUT2D eigenvalue weighted by Crippen LogP contribution is 2.44.